The molecular weight excluding hydrogens is 272 g/mol. The largest absolute Gasteiger partial charge is 0.370 e. The van der Waals surface area contributed by atoms with Crippen molar-refractivity contribution in [2.45, 2.75) is 51.1 Å². The number of carbonyl (C=O) groups excluding carboxylic acids is 2. The van der Waals surface area contributed by atoms with E-state index in [-0.39, 0.29) is 17.8 Å². The zero-order valence-electron chi connectivity index (χ0n) is 12.9. The van der Waals surface area contributed by atoms with Gasteiger partial charge in [0.2, 0.25) is 11.8 Å². The molecule has 21 heavy (non-hydrogen) atoms. The van der Waals surface area contributed by atoms with Crippen LogP contribution in [0.4, 0.5) is 0 Å². The number of nitrogens with one attached hydrogen (secondary N) is 2. The highest BCUT2D eigenvalue weighted by molar-refractivity contribution is 5.89. The molecule has 0 aliphatic heterocycles. The lowest BCUT2D eigenvalue weighted by Crippen LogP contribution is -2.51. The first-order valence-corrected chi connectivity index (χ1v) is 7.25. The van der Waals surface area contributed by atoms with Crippen molar-refractivity contribution in [2.75, 3.05) is 13.6 Å². The molecular formula is C13H28N6O2. The standard InChI is InChI=1S/C13H28N6O2/c1-3-4-6-9(14)11(20)19-10(12(21)17-2)7-5-8-18-13(15)16/h9-10H,3-8,14H2,1-2H3,(H,17,21)(H,19,20)(H4,15,16,18)/t9-,10+/m0/s1. The first-order chi connectivity index (χ1) is 9.92. The molecule has 0 fully saturated rings. The van der Waals surface area contributed by atoms with Crippen LogP contribution in [-0.4, -0.2) is 43.5 Å². The zero-order valence-corrected chi connectivity index (χ0v) is 12.9. The summed E-state index contributed by atoms with van der Waals surface area (Å²) in [5, 5.41) is 5.20. The third-order valence-electron chi connectivity index (χ3n) is 3.03. The summed E-state index contributed by atoms with van der Waals surface area (Å²) in [5.41, 5.74) is 16.2. The van der Waals surface area contributed by atoms with Crippen LogP contribution in [0, 0.1) is 0 Å². The van der Waals surface area contributed by atoms with E-state index in [0.29, 0.717) is 25.8 Å². The van der Waals surface area contributed by atoms with Gasteiger partial charge in [0.25, 0.3) is 0 Å². The van der Waals surface area contributed by atoms with Gasteiger partial charge in [0, 0.05) is 13.6 Å². The van der Waals surface area contributed by atoms with E-state index in [2.05, 4.69) is 15.6 Å². The number of likely N-dealkylation sites (N-methyl/N-ethyl adjacent to an activating group) is 1. The van der Waals surface area contributed by atoms with Crippen LogP contribution in [-0.2, 0) is 9.59 Å². The van der Waals surface area contributed by atoms with Gasteiger partial charge in [-0.15, -0.1) is 0 Å². The number of unbranched alkanes of at least 4 members (excludes halogenated alkanes) is 1. The number of nitrogens with two attached hydrogens (primary N) is 3. The number of nitrogens with zero attached hydrogens (tertiary/aromatic N) is 1. The van der Waals surface area contributed by atoms with Crippen LogP contribution < -0.4 is 27.8 Å². The van der Waals surface area contributed by atoms with Crippen molar-refractivity contribution in [1.82, 2.24) is 10.6 Å². The summed E-state index contributed by atoms with van der Waals surface area (Å²) in [6.07, 6.45) is 3.49. The van der Waals surface area contributed by atoms with Crippen molar-refractivity contribution < 1.29 is 9.59 Å². The van der Waals surface area contributed by atoms with Gasteiger partial charge in [-0.1, -0.05) is 19.8 Å². The van der Waals surface area contributed by atoms with Gasteiger partial charge < -0.3 is 27.8 Å². The van der Waals surface area contributed by atoms with Crippen molar-refractivity contribution in [2.24, 2.45) is 22.2 Å². The summed E-state index contributed by atoms with van der Waals surface area (Å²) in [6.45, 7) is 2.44. The lowest BCUT2D eigenvalue weighted by Gasteiger charge is -2.19. The van der Waals surface area contributed by atoms with Gasteiger partial charge in [-0.3, -0.25) is 14.6 Å². The topological polar surface area (TPSA) is 149 Å². The molecule has 0 radical (unpaired) electrons. The van der Waals surface area contributed by atoms with E-state index in [4.69, 9.17) is 17.2 Å². The minimum absolute atomic E-state index is 0.0112. The maximum Gasteiger partial charge on any atom is 0.242 e. The molecule has 0 saturated carbocycles. The lowest BCUT2D eigenvalue weighted by molar-refractivity contribution is -0.129. The second-order valence-electron chi connectivity index (χ2n) is 4.87. The maximum absolute atomic E-state index is 11.9. The second kappa shape index (κ2) is 10.9. The van der Waals surface area contributed by atoms with E-state index >= 15 is 0 Å². The Bertz CT molecular complexity index is 355. The SMILES string of the molecule is CCCC[C@H](N)C(=O)N[C@H](CCCN=C(N)N)C(=O)NC. The molecule has 0 aromatic carbocycles. The van der Waals surface area contributed by atoms with Crippen molar-refractivity contribution >= 4 is 17.8 Å². The van der Waals surface area contributed by atoms with E-state index in [0.717, 1.165) is 12.8 Å². The number of rotatable bonds is 10. The first kappa shape index (κ1) is 19.2. The molecule has 2 atom stereocenters. The molecule has 8 N–H and O–H groups in total. The van der Waals surface area contributed by atoms with Gasteiger partial charge in [0.05, 0.1) is 6.04 Å². The Morgan fingerprint density at radius 1 is 1.14 bits per heavy atom. The maximum atomic E-state index is 11.9. The van der Waals surface area contributed by atoms with Crippen LogP contribution in [0.5, 0.6) is 0 Å². The minimum Gasteiger partial charge on any atom is -0.370 e. The van der Waals surface area contributed by atoms with Gasteiger partial charge in [-0.05, 0) is 19.3 Å². The molecule has 0 unspecified atom stereocenters. The molecule has 0 aliphatic carbocycles. The molecule has 0 aromatic heterocycles. The third kappa shape index (κ3) is 8.85. The Kier molecular flexibility index (Phi) is 9.95. The van der Waals surface area contributed by atoms with Crippen LogP contribution in [0.3, 0.4) is 0 Å². The predicted molar refractivity (Wildman–Crippen MR) is 83.4 cm³/mol. The van der Waals surface area contributed by atoms with Gasteiger partial charge in [0.1, 0.15) is 6.04 Å². The summed E-state index contributed by atoms with van der Waals surface area (Å²) < 4.78 is 0. The summed E-state index contributed by atoms with van der Waals surface area (Å²) in [7, 11) is 1.52. The Labute approximate surface area is 125 Å². The quantitative estimate of drug-likeness (QED) is 0.195. The summed E-state index contributed by atoms with van der Waals surface area (Å²) in [6, 6.07) is -1.21. The Morgan fingerprint density at radius 3 is 2.33 bits per heavy atom. The lowest BCUT2D eigenvalue weighted by atomic mass is 10.1. The number of guanidine groups is 1. The Hall–Kier alpha value is -1.83. The van der Waals surface area contributed by atoms with E-state index < -0.39 is 12.1 Å². The van der Waals surface area contributed by atoms with E-state index in [1.807, 2.05) is 6.92 Å². The van der Waals surface area contributed by atoms with E-state index in [1.165, 1.54) is 7.05 Å². The van der Waals surface area contributed by atoms with Crippen molar-refractivity contribution in [1.29, 1.82) is 0 Å². The Morgan fingerprint density at radius 2 is 1.81 bits per heavy atom. The number of hydrogen-bond donors (Lipinski definition) is 5. The van der Waals surface area contributed by atoms with Crippen molar-refractivity contribution in [3.05, 3.63) is 0 Å². The number of hydrogen-bond acceptors (Lipinski definition) is 4. The highest BCUT2D eigenvalue weighted by Gasteiger charge is 2.22. The summed E-state index contributed by atoms with van der Waals surface area (Å²) >= 11 is 0. The Balaban J connectivity index is 4.38. The smallest absolute Gasteiger partial charge is 0.242 e. The van der Waals surface area contributed by atoms with Gasteiger partial charge >= 0.3 is 0 Å². The van der Waals surface area contributed by atoms with E-state index in [9.17, 15) is 9.59 Å². The highest BCUT2D eigenvalue weighted by atomic mass is 16.2. The number of carbonyl (C=O) groups is 2. The highest BCUT2D eigenvalue weighted by Crippen LogP contribution is 2.02. The zero-order chi connectivity index (χ0) is 16.3. The molecule has 8 nitrogen and oxygen atoms in total. The van der Waals surface area contributed by atoms with Crippen LogP contribution in [0.1, 0.15) is 39.0 Å². The first-order valence-electron chi connectivity index (χ1n) is 7.25. The predicted octanol–water partition coefficient (Wildman–Crippen LogP) is -1.21. The number of aliphatic imine (C=N–C) groups is 1. The average molecular weight is 300 g/mol. The van der Waals surface area contributed by atoms with Crippen LogP contribution in [0.2, 0.25) is 0 Å². The normalized spacial score (nSPS) is 13.1. The molecule has 0 bridgehead atoms. The fraction of sp³-hybridized carbons (Fsp3) is 0.769. The van der Waals surface area contributed by atoms with Gasteiger partial charge in [0.15, 0.2) is 5.96 Å². The summed E-state index contributed by atoms with van der Waals surface area (Å²) in [4.78, 5) is 27.5. The second-order valence-corrected chi connectivity index (χ2v) is 4.87. The fourth-order valence-corrected chi connectivity index (χ4v) is 1.78. The molecule has 2 amide bonds. The molecule has 0 rings (SSSR count). The molecule has 0 heterocycles. The fourth-order valence-electron chi connectivity index (χ4n) is 1.78. The molecule has 0 spiro atoms. The molecule has 0 aromatic rings. The van der Waals surface area contributed by atoms with Crippen LogP contribution in [0.25, 0.3) is 0 Å². The van der Waals surface area contributed by atoms with E-state index in [1.54, 1.807) is 0 Å². The molecule has 0 saturated heterocycles. The monoisotopic (exact) mass is 300 g/mol. The van der Waals surface area contributed by atoms with Gasteiger partial charge in [-0.2, -0.15) is 0 Å². The van der Waals surface area contributed by atoms with Crippen LogP contribution in [0.15, 0.2) is 4.99 Å². The molecule has 0 aliphatic rings. The average Bonchev–Trinajstić information content (AvgIpc) is 2.46. The summed E-state index contributed by atoms with van der Waals surface area (Å²) in [5.74, 6) is -0.549. The molecule has 8 heteroatoms. The van der Waals surface area contributed by atoms with Crippen LogP contribution >= 0.6 is 0 Å². The third-order valence-corrected chi connectivity index (χ3v) is 3.03. The van der Waals surface area contributed by atoms with Gasteiger partial charge in [-0.25, -0.2) is 0 Å². The van der Waals surface area contributed by atoms with Crippen molar-refractivity contribution in [3.63, 3.8) is 0 Å². The molecule has 122 valence electrons. The van der Waals surface area contributed by atoms with Crippen molar-refractivity contribution in [3.8, 4) is 0 Å². The number of amides is 2. The minimum atomic E-state index is -0.621.